The van der Waals surface area contributed by atoms with Gasteiger partial charge in [-0.3, -0.25) is 0 Å². The molecular weight excluding hydrogens is 238 g/mol. The van der Waals surface area contributed by atoms with Gasteiger partial charge in [-0.15, -0.1) is 0 Å². The van der Waals surface area contributed by atoms with Crippen molar-refractivity contribution in [2.75, 3.05) is 19.5 Å². The van der Waals surface area contributed by atoms with Crippen molar-refractivity contribution in [3.63, 3.8) is 0 Å². The summed E-state index contributed by atoms with van der Waals surface area (Å²) in [4.78, 5) is 8.34. The first-order valence-electron chi connectivity index (χ1n) is 5.09. The molecule has 4 nitrogen and oxygen atoms in total. The number of nitrogens with zero attached hydrogens (tertiary/aromatic N) is 2. The predicted octanol–water partition coefficient (Wildman–Crippen LogP) is 2.85. The fourth-order valence-electron chi connectivity index (χ4n) is 1.56. The number of nitrogens with one attached hydrogen (secondary N) is 1. The molecule has 1 heterocycles. The van der Waals surface area contributed by atoms with E-state index in [2.05, 4.69) is 15.3 Å². The first kappa shape index (κ1) is 11.7. The monoisotopic (exact) mass is 249 g/mol. The number of methoxy groups -OCH3 is 1. The van der Waals surface area contributed by atoms with Gasteiger partial charge in [0.25, 0.3) is 0 Å². The Morgan fingerprint density at radius 2 is 1.88 bits per heavy atom. The second kappa shape index (κ2) is 5.01. The van der Waals surface area contributed by atoms with Gasteiger partial charge in [-0.1, -0.05) is 23.7 Å². The van der Waals surface area contributed by atoms with Gasteiger partial charge in [-0.2, -0.15) is 0 Å². The first-order valence-corrected chi connectivity index (χ1v) is 5.46. The quantitative estimate of drug-likeness (QED) is 0.909. The Morgan fingerprint density at radius 3 is 2.47 bits per heavy atom. The highest BCUT2D eigenvalue weighted by molar-refractivity contribution is 6.30. The normalized spacial score (nSPS) is 10.1. The van der Waals surface area contributed by atoms with E-state index < -0.39 is 0 Å². The summed E-state index contributed by atoms with van der Waals surface area (Å²) in [6.45, 7) is 0. The second-order valence-electron chi connectivity index (χ2n) is 3.36. The molecule has 0 fully saturated rings. The average molecular weight is 250 g/mol. The molecule has 88 valence electrons. The minimum atomic E-state index is 0.623. The van der Waals surface area contributed by atoms with Gasteiger partial charge < -0.3 is 10.1 Å². The van der Waals surface area contributed by atoms with Crippen LogP contribution in [-0.2, 0) is 0 Å². The third-order valence-corrected chi connectivity index (χ3v) is 2.61. The Labute approximate surface area is 105 Å². The van der Waals surface area contributed by atoms with Crippen LogP contribution >= 0.6 is 11.6 Å². The van der Waals surface area contributed by atoms with Crippen molar-refractivity contribution in [1.82, 2.24) is 9.97 Å². The van der Waals surface area contributed by atoms with Crippen LogP contribution in [-0.4, -0.2) is 24.1 Å². The first-order chi connectivity index (χ1) is 8.26. The number of ether oxygens (including phenoxy) is 1. The molecule has 0 spiro atoms. The van der Waals surface area contributed by atoms with Gasteiger partial charge in [0.05, 0.1) is 7.11 Å². The standard InChI is InChI=1S/C12H12ClN3O/c1-14-12-11(17-2)10(15-7-16-12)8-3-5-9(13)6-4-8/h3-7H,1-2H3,(H,14,15,16). The van der Waals surface area contributed by atoms with Gasteiger partial charge in [0.2, 0.25) is 0 Å². The van der Waals surface area contributed by atoms with E-state index in [1.165, 1.54) is 6.33 Å². The maximum Gasteiger partial charge on any atom is 0.187 e. The van der Waals surface area contributed by atoms with Crippen molar-refractivity contribution < 1.29 is 4.74 Å². The van der Waals surface area contributed by atoms with E-state index in [1.807, 2.05) is 24.3 Å². The lowest BCUT2D eigenvalue weighted by Crippen LogP contribution is -2.00. The van der Waals surface area contributed by atoms with Crippen LogP contribution in [0.2, 0.25) is 5.02 Å². The Bertz CT molecular complexity index is 514. The Kier molecular flexibility index (Phi) is 3.44. The molecule has 5 heteroatoms. The highest BCUT2D eigenvalue weighted by Gasteiger charge is 2.12. The number of halogens is 1. The number of benzene rings is 1. The molecule has 0 atom stereocenters. The molecule has 1 aromatic carbocycles. The van der Waals surface area contributed by atoms with Gasteiger partial charge in [-0.05, 0) is 12.1 Å². The molecule has 2 aromatic rings. The van der Waals surface area contributed by atoms with Crippen molar-refractivity contribution in [1.29, 1.82) is 0 Å². The van der Waals surface area contributed by atoms with Gasteiger partial charge in [0, 0.05) is 17.6 Å². The average Bonchev–Trinajstić information content (AvgIpc) is 2.38. The summed E-state index contributed by atoms with van der Waals surface area (Å²) in [5.74, 6) is 1.28. The van der Waals surface area contributed by atoms with Crippen molar-refractivity contribution in [3.05, 3.63) is 35.6 Å². The van der Waals surface area contributed by atoms with E-state index in [-0.39, 0.29) is 0 Å². The van der Waals surface area contributed by atoms with Crippen LogP contribution in [0.15, 0.2) is 30.6 Å². The summed E-state index contributed by atoms with van der Waals surface area (Å²) >= 11 is 5.85. The van der Waals surface area contributed by atoms with Crippen molar-refractivity contribution in [3.8, 4) is 17.0 Å². The molecule has 0 radical (unpaired) electrons. The van der Waals surface area contributed by atoms with Crippen LogP contribution in [0.25, 0.3) is 11.3 Å². The molecule has 1 N–H and O–H groups in total. The molecule has 0 saturated carbocycles. The third-order valence-electron chi connectivity index (χ3n) is 2.36. The molecule has 0 aliphatic rings. The number of hydrogen-bond donors (Lipinski definition) is 1. The molecule has 0 saturated heterocycles. The van der Waals surface area contributed by atoms with E-state index in [4.69, 9.17) is 16.3 Å². The lowest BCUT2D eigenvalue weighted by molar-refractivity contribution is 0.415. The van der Waals surface area contributed by atoms with E-state index in [9.17, 15) is 0 Å². The summed E-state index contributed by atoms with van der Waals surface area (Å²) < 4.78 is 5.33. The van der Waals surface area contributed by atoms with Gasteiger partial charge >= 0.3 is 0 Å². The number of rotatable bonds is 3. The largest absolute Gasteiger partial charge is 0.491 e. The fraction of sp³-hybridized carbons (Fsp3) is 0.167. The molecule has 17 heavy (non-hydrogen) atoms. The Morgan fingerprint density at radius 1 is 1.18 bits per heavy atom. The zero-order valence-corrected chi connectivity index (χ0v) is 10.3. The number of aromatic nitrogens is 2. The smallest absolute Gasteiger partial charge is 0.187 e. The lowest BCUT2D eigenvalue weighted by Gasteiger charge is -2.11. The van der Waals surface area contributed by atoms with Gasteiger partial charge in [0.1, 0.15) is 12.0 Å². The van der Waals surface area contributed by atoms with E-state index in [1.54, 1.807) is 14.2 Å². The highest BCUT2D eigenvalue weighted by atomic mass is 35.5. The van der Waals surface area contributed by atoms with Crippen LogP contribution < -0.4 is 10.1 Å². The molecule has 2 rings (SSSR count). The Hall–Kier alpha value is -1.81. The van der Waals surface area contributed by atoms with Crippen molar-refractivity contribution >= 4 is 17.4 Å². The van der Waals surface area contributed by atoms with Crippen LogP contribution in [0.3, 0.4) is 0 Å². The molecule has 0 bridgehead atoms. The minimum Gasteiger partial charge on any atom is -0.491 e. The molecule has 0 aliphatic carbocycles. The third kappa shape index (κ3) is 2.31. The minimum absolute atomic E-state index is 0.623. The molecule has 0 amide bonds. The molecular formula is C12H12ClN3O. The van der Waals surface area contributed by atoms with Crippen LogP contribution in [0, 0.1) is 0 Å². The lowest BCUT2D eigenvalue weighted by atomic mass is 10.1. The maximum atomic E-state index is 5.85. The van der Waals surface area contributed by atoms with Crippen LogP contribution in [0.5, 0.6) is 5.75 Å². The number of anilines is 1. The second-order valence-corrected chi connectivity index (χ2v) is 3.80. The summed E-state index contributed by atoms with van der Waals surface area (Å²) in [7, 11) is 3.38. The summed E-state index contributed by atoms with van der Waals surface area (Å²) in [6.07, 6.45) is 1.50. The maximum absolute atomic E-state index is 5.85. The zero-order chi connectivity index (χ0) is 12.3. The summed E-state index contributed by atoms with van der Waals surface area (Å²) in [5.41, 5.74) is 1.67. The zero-order valence-electron chi connectivity index (χ0n) is 9.57. The fourth-order valence-corrected chi connectivity index (χ4v) is 1.68. The number of hydrogen-bond acceptors (Lipinski definition) is 4. The van der Waals surface area contributed by atoms with Gasteiger partial charge in [-0.25, -0.2) is 9.97 Å². The van der Waals surface area contributed by atoms with Gasteiger partial charge in [0.15, 0.2) is 11.6 Å². The predicted molar refractivity (Wildman–Crippen MR) is 68.6 cm³/mol. The van der Waals surface area contributed by atoms with Crippen molar-refractivity contribution in [2.24, 2.45) is 0 Å². The molecule has 0 unspecified atom stereocenters. The summed E-state index contributed by atoms with van der Waals surface area (Å²) in [6, 6.07) is 7.42. The van der Waals surface area contributed by atoms with Crippen LogP contribution in [0.4, 0.5) is 5.82 Å². The van der Waals surface area contributed by atoms with Crippen molar-refractivity contribution in [2.45, 2.75) is 0 Å². The van der Waals surface area contributed by atoms with E-state index in [0.717, 1.165) is 11.3 Å². The SMILES string of the molecule is CNc1ncnc(-c2ccc(Cl)cc2)c1OC. The van der Waals surface area contributed by atoms with Crippen LogP contribution in [0.1, 0.15) is 0 Å². The highest BCUT2D eigenvalue weighted by Crippen LogP contribution is 2.32. The molecule has 1 aromatic heterocycles. The van der Waals surface area contributed by atoms with E-state index in [0.29, 0.717) is 16.6 Å². The Balaban J connectivity index is 2.54. The topological polar surface area (TPSA) is 47.0 Å². The molecule has 0 aliphatic heterocycles. The summed E-state index contributed by atoms with van der Waals surface area (Å²) in [5, 5.41) is 3.66. The van der Waals surface area contributed by atoms with E-state index >= 15 is 0 Å².